The number of carboxylic acid groups (broad SMARTS) is 1. The lowest BCUT2D eigenvalue weighted by Gasteiger charge is -2.10. The molecule has 0 aromatic heterocycles. The lowest BCUT2D eigenvalue weighted by Crippen LogP contribution is -2.19. The Bertz CT molecular complexity index is 445. The fraction of sp³-hybridized carbons (Fsp3) is 0.333. The summed E-state index contributed by atoms with van der Waals surface area (Å²) in [5.41, 5.74) is -0.149. The van der Waals surface area contributed by atoms with Crippen LogP contribution >= 0.6 is 0 Å². The van der Waals surface area contributed by atoms with Crippen molar-refractivity contribution in [3.63, 3.8) is 0 Å². The molecule has 0 saturated carbocycles. The molecule has 0 heterocycles. The van der Waals surface area contributed by atoms with Gasteiger partial charge in [0.25, 0.3) is 0 Å². The minimum Gasteiger partial charge on any atom is -0.478 e. The van der Waals surface area contributed by atoms with Gasteiger partial charge in [-0.15, -0.1) is 0 Å². The zero-order valence-electron chi connectivity index (χ0n) is 9.66. The maximum atomic E-state index is 13.3. The topological polar surface area (TPSA) is 66.4 Å². The number of benzene rings is 1. The third-order valence-electron chi connectivity index (χ3n) is 2.53. The van der Waals surface area contributed by atoms with Gasteiger partial charge in [-0.1, -0.05) is 13.8 Å². The van der Waals surface area contributed by atoms with Crippen LogP contribution in [0.15, 0.2) is 18.2 Å². The van der Waals surface area contributed by atoms with Crippen molar-refractivity contribution in [3.05, 3.63) is 29.6 Å². The quantitative estimate of drug-likeness (QED) is 0.848. The van der Waals surface area contributed by atoms with Crippen LogP contribution in [0.5, 0.6) is 0 Å². The Morgan fingerprint density at radius 2 is 2.12 bits per heavy atom. The van der Waals surface area contributed by atoms with Gasteiger partial charge in [0.05, 0.1) is 5.56 Å². The van der Waals surface area contributed by atoms with Crippen molar-refractivity contribution in [1.29, 1.82) is 0 Å². The highest BCUT2D eigenvalue weighted by Crippen LogP contribution is 2.16. The standard InChI is InChI=1S/C12H14FNO3/c1-3-7(2)11(15)14-8-4-5-9(12(16)17)10(13)6-8/h4-7H,3H2,1-2H3,(H,14,15)(H,16,17). The molecule has 0 saturated heterocycles. The average molecular weight is 239 g/mol. The Hall–Kier alpha value is -1.91. The van der Waals surface area contributed by atoms with Gasteiger partial charge < -0.3 is 10.4 Å². The van der Waals surface area contributed by atoms with E-state index in [0.29, 0.717) is 6.42 Å². The van der Waals surface area contributed by atoms with Gasteiger partial charge in [0, 0.05) is 11.6 Å². The first-order valence-corrected chi connectivity index (χ1v) is 5.29. The zero-order valence-corrected chi connectivity index (χ0v) is 9.66. The van der Waals surface area contributed by atoms with E-state index in [-0.39, 0.29) is 17.5 Å². The molecule has 1 rings (SSSR count). The van der Waals surface area contributed by atoms with Gasteiger partial charge in [0.15, 0.2) is 0 Å². The van der Waals surface area contributed by atoms with Crippen LogP contribution in [0.4, 0.5) is 10.1 Å². The van der Waals surface area contributed by atoms with Gasteiger partial charge in [0.1, 0.15) is 5.82 Å². The Kier molecular flexibility index (Phi) is 4.20. The van der Waals surface area contributed by atoms with Crippen molar-refractivity contribution in [3.8, 4) is 0 Å². The fourth-order valence-electron chi connectivity index (χ4n) is 1.22. The van der Waals surface area contributed by atoms with E-state index in [1.54, 1.807) is 6.92 Å². The fourth-order valence-corrected chi connectivity index (χ4v) is 1.22. The van der Waals surface area contributed by atoms with Crippen molar-refractivity contribution in [2.24, 2.45) is 5.92 Å². The van der Waals surface area contributed by atoms with Crippen molar-refractivity contribution < 1.29 is 19.1 Å². The van der Waals surface area contributed by atoms with Gasteiger partial charge in [-0.25, -0.2) is 9.18 Å². The maximum Gasteiger partial charge on any atom is 0.338 e. The van der Waals surface area contributed by atoms with E-state index in [9.17, 15) is 14.0 Å². The smallest absolute Gasteiger partial charge is 0.338 e. The predicted molar refractivity (Wildman–Crippen MR) is 61.4 cm³/mol. The highest BCUT2D eigenvalue weighted by atomic mass is 19.1. The van der Waals surface area contributed by atoms with Gasteiger partial charge in [0.2, 0.25) is 5.91 Å². The molecule has 0 aliphatic heterocycles. The third-order valence-corrected chi connectivity index (χ3v) is 2.53. The summed E-state index contributed by atoms with van der Waals surface area (Å²) >= 11 is 0. The van der Waals surface area contributed by atoms with E-state index in [4.69, 9.17) is 5.11 Å². The monoisotopic (exact) mass is 239 g/mol. The number of rotatable bonds is 4. The molecule has 0 fully saturated rings. The van der Waals surface area contributed by atoms with Crippen LogP contribution in [0.1, 0.15) is 30.6 Å². The molecule has 1 amide bonds. The Labute approximate surface area is 98.5 Å². The normalized spacial score (nSPS) is 11.9. The van der Waals surface area contributed by atoms with Crippen LogP contribution in [0.2, 0.25) is 0 Å². The number of amides is 1. The van der Waals surface area contributed by atoms with E-state index in [1.807, 2.05) is 6.92 Å². The molecule has 0 bridgehead atoms. The molecule has 0 spiro atoms. The summed E-state index contributed by atoms with van der Waals surface area (Å²) in [6.07, 6.45) is 0.682. The summed E-state index contributed by atoms with van der Waals surface area (Å²) < 4.78 is 13.3. The molecule has 17 heavy (non-hydrogen) atoms. The van der Waals surface area contributed by atoms with Crippen LogP contribution in [-0.2, 0) is 4.79 Å². The number of aromatic carboxylic acids is 1. The van der Waals surface area contributed by atoms with Crippen molar-refractivity contribution in [1.82, 2.24) is 0 Å². The number of halogens is 1. The van der Waals surface area contributed by atoms with Crippen LogP contribution in [-0.4, -0.2) is 17.0 Å². The van der Waals surface area contributed by atoms with E-state index < -0.39 is 17.3 Å². The maximum absolute atomic E-state index is 13.3. The number of anilines is 1. The molecular weight excluding hydrogens is 225 g/mol. The molecule has 4 nitrogen and oxygen atoms in total. The summed E-state index contributed by atoms with van der Waals surface area (Å²) in [6.45, 7) is 3.63. The largest absolute Gasteiger partial charge is 0.478 e. The molecule has 0 radical (unpaired) electrons. The second-order valence-corrected chi connectivity index (χ2v) is 3.80. The number of carbonyl (C=O) groups is 2. The van der Waals surface area contributed by atoms with E-state index in [1.165, 1.54) is 6.07 Å². The third kappa shape index (κ3) is 3.27. The molecule has 1 atom stereocenters. The number of nitrogens with one attached hydrogen (secondary N) is 1. The summed E-state index contributed by atoms with van der Waals surface area (Å²) in [7, 11) is 0. The lowest BCUT2D eigenvalue weighted by atomic mass is 10.1. The van der Waals surface area contributed by atoms with Crippen molar-refractivity contribution in [2.75, 3.05) is 5.32 Å². The van der Waals surface area contributed by atoms with E-state index in [0.717, 1.165) is 12.1 Å². The first kappa shape index (κ1) is 13.2. The second kappa shape index (κ2) is 5.43. The molecular formula is C12H14FNO3. The molecule has 1 aromatic rings. The molecule has 0 aliphatic rings. The van der Waals surface area contributed by atoms with Gasteiger partial charge in [-0.3, -0.25) is 4.79 Å². The minimum absolute atomic E-state index is 0.169. The summed E-state index contributed by atoms with van der Waals surface area (Å²) in [4.78, 5) is 22.1. The van der Waals surface area contributed by atoms with Crippen LogP contribution in [0.3, 0.4) is 0 Å². The summed E-state index contributed by atoms with van der Waals surface area (Å²) in [5, 5.41) is 11.2. The molecule has 2 N–H and O–H groups in total. The Balaban J connectivity index is 2.84. The number of hydrogen-bond acceptors (Lipinski definition) is 2. The number of carbonyl (C=O) groups excluding carboxylic acids is 1. The van der Waals surface area contributed by atoms with Gasteiger partial charge in [-0.05, 0) is 24.6 Å². The number of carboxylic acids is 1. The SMILES string of the molecule is CCC(C)C(=O)Nc1ccc(C(=O)O)c(F)c1. The summed E-state index contributed by atoms with van der Waals surface area (Å²) in [5.74, 6) is -2.58. The van der Waals surface area contributed by atoms with Crippen molar-refractivity contribution in [2.45, 2.75) is 20.3 Å². The van der Waals surface area contributed by atoms with Crippen molar-refractivity contribution >= 4 is 17.6 Å². The Morgan fingerprint density at radius 3 is 2.59 bits per heavy atom. The van der Waals surface area contributed by atoms with Crippen LogP contribution in [0, 0.1) is 11.7 Å². The molecule has 1 aromatic carbocycles. The van der Waals surface area contributed by atoms with E-state index in [2.05, 4.69) is 5.32 Å². The molecule has 92 valence electrons. The van der Waals surface area contributed by atoms with Crippen LogP contribution < -0.4 is 5.32 Å². The molecule has 0 aliphatic carbocycles. The zero-order chi connectivity index (χ0) is 13.0. The first-order chi connectivity index (χ1) is 7.95. The minimum atomic E-state index is -1.33. The van der Waals surface area contributed by atoms with Gasteiger partial charge >= 0.3 is 5.97 Å². The summed E-state index contributed by atoms with van der Waals surface area (Å²) in [6, 6.07) is 3.50. The Morgan fingerprint density at radius 1 is 1.47 bits per heavy atom. The average Bonchev–Trinajstić information content (AvgIpc) is 2.27. The highest BCUT2D eigenvalue weighted by molar-refractivity contribution is 5.93. The molecule has 5 heteroatoms. The van der Waals surface area contributed by atoms with Crippen LogP contribution in [0.25, 0.3) is 0 Å². The highest BCUT2D eigenvalue weighted by Gasteiger charge is 2.13. The first-order valence-electron chi connectivity index (χ1n) is 5.29. The molecule has 1 unspecified atom stereocenters. The predicted octanol–water partition coefficient (Wildman–Crippen LogP) is 2.51. The number of hydrogen-bond donors (Lipinski definition) is 2. The lowest BCUT2D eigenvalue weighted by molar-refractivity contribution is -0.119. The van der Waals surface area contributed by atoms with E-state index >= 15 is 0 Å². The second-order valence-electron chi connectivity index (χ2n) is 3.80. The van der Waals surface area contributed by atoms with Gasteiger partial charge in [-0.2, -0.15) is 0 Å².